The van der Waals surface area contributed by atoms with Crippen LogP contribution in [0.1, 0.15) is 15.9 Å². The van der Waals surface area contributed by atoms with E-state index in [1.165, 1.54) is 6.08 Å². The number of hydrogen-bond acceptors (Lipinski definition) is 2. The van der Waals surface area contributed by atoms with Crippen molar-refractivity contribution in [3.63, 3.8) is 0 Å². The second-order valence-corrected chi connectivity index (χ2v) is 3.02. The molecule has 0 aliphatic heterocycles. The molecule has 0 saturated heterocycles. The molecule has 1 aromatic rings. The first-order valence-electron chi connectivity index (χ1n) is 4.44. The first-order chi connectivity index (χ1) is 7.45. The van der Waals surface area contributed by atoms with E-state index in [0.29, 0.717) is 0 Å². The maximum absolute atomic E-state index is 12.2. The Morgan fingerprint density at radius 3 is 2.25 bits per heavy atom. The number of allylic oxidation sites excluding steroid dienone is 1. The third-order valence-corrected chi connectivity index (χ3v) is 1.87. The summed E-state index contributed by atoms with van der Waals surface area (Å²) in [5, 5.41) is 8.43. The van der Waals surface area contributed by atoms with Crippen LogP contribution in [0.15, 0.2) is 36.4 Å². The minimum atomic E-state index is -4.40. The number of ketones is 1. The van der Waals surface area contributed by atoms with Crippen LogP contribution in [-0.2, 0) is 6.18 Å². The summed E-state index contributed by atoms with van der Waals surface area (Å²) < 4.78 is 36.6. The van der Waals surface area contributed by atoms with Crippen LogP contribution in [0.3, 0.4) is 0 Å². The molecule has 0 aliphatic rings. The van der Waals surface area contributed by atoms with Gasteiger partial charge >= 0.3 is 6.18 Å². The van der Waals surface area contributed by atoms with Gasteiger partial charge in [0.1, 0.15) is 0 Å². The van der Waals surface area contributed by atoms with Gasteiger partial charge in [-0.2, -0.15) is 13.2 Å². The summed E-state index contributed by atoms with van der Waals surface area (Å²) in [6, 6.07) is 3.90. The summed E-state index contributed by atoms with van der Waals surface area (Å²) in [5.41, 5.74) is -0.645. The van der Waals surface area contributed by atoms with E-state index in [1.54, 1.807) is 0 Å². The largest absolute Gasteiger partial charge is 0.416 e. The Bertz CT molecular complexity index is 391. The zero-order chi connectivity index (χ0) is 12.2. The van der Waals surface area contributed by atoms with Crippen LogP contribution in [-0.4, -0.2) is 17.5 Å². The number of aliphatic hydroxyl groups excluding tert-OH is 1. The highest BCUT2D eigenvalue weighted by Gasteiger charge is 2.30. The quantitative estimate of drug-likeness (QED) is 0.639. The highest BCUT2D eigenvalue weighted by molar-refractivity contribution is 6.04. The third kappa shape index (κ3) is 3.20. The van der Waals surface area contributed by atoms with Gasteiger partial charge in [-0.1, -0.05) is 18.2 Å². The van der Waals surface area contributed by atoms with Crippen LogP contribution in [0.4, 0.5) is 13.2 Å². The highest BCUT2D eigenvalue weighted by Crippen LogP contribution is 2.29. The molecule has 0 spiro atoms. The normalized spacial score (nSPS) is 12.0. The first kappa shape index (κ1) is 12.4. The average Bonchev–Trinajstić information content (AvgIpc) is 2.25. The van der Waals surface area contributed by atoms with E-state index in [4.69, 9.17) is 5.11 Å². The monoisotopic (exact) mass is 230 g/mol. The molecule has 0 saturated carbocycles. The topological polar surface area (TPSA) is 37.3 Å². The third-order valence-electron chi connectivity index (χ3n) is 1.87. The Morgan fingerprint density at radius 1 is 1.25 bits per heavy atom. The van der Waals surface area contributed by atoms with Crippen LogP contribution in [0, 0.1) is 0 Å². The SMILES string of the molecule is O=C(/C=C/CO)c1ccc(C(F)(F)F)cc1. The van der Waals surface area contributed by atoms with Crippen molar-refractivity contribution in [3.8, 4) is 0 Å². The summed E-state index contributed by atoms with van der Waals surface area (Å²) in [7, 11) is 0. The predicted octanol–water partition coefficient (Wildman–Crippen LogP) is 2.44. The molecule has 0 amide bonds. The van der Waals surface area contributed by atoms with E-state index in [1.807, 2.05) is 0 Å². The van der Waals surface area contributed by atoms with E-state index in [2.05, 4.69) is 0 Å². The Balaban J connectivity index is 2.87. The maximum Gasteiger partial charge on any atom is 0.416 e. The molecule has 86 valence electrons. The summed E-state index contributed by atoms with van der Waals surface area (Å²) >= 11 is 0. The lowest BCUT2D eigenvalue weighted by Crippen LogP contribution is -2.05. The van der Waals surface area contributed by atoms with Gasteiger partial charge in [0.05, 0.1) is 12.2 Å². The zero-order valence-electron chi connectivity index (χ0n) is 8.16. The number of rotatable bonds is 3. The van der Waals surface area contributed by atoms with Crippen molar-refractivity contribution in [2.24, 2.45) is 0 Å². The minimum absolute atomic E-state index is 0.151. The van der Waals surface area contributed by atoms with Gasteiger partial charge in [-0.15, -0.1) is 0 Å². The standard InChI is InChI=1S/C11H9F3O2/c12-11(13,14)9-5-3-8(4-6-9)10(16)2-1-7-15/h1-6,15H,7H2/b2-1+. The Morgan fingerprint density at radius 2 is 1.81 bits per heavy atom. The predicted molar refractivity (Wildman–Crippen MR) is 52.0 cm³/mol. The molecule has 0 fully saturated rings. The molecule has 1 rings (SSSR count). The zero-order valence-corrected chi connectivity index (χ0v) is 8.16. The fraction of sp³-hybridized carbons (Fsp3) is 0.182. The van der Waals surface area contributed by atoms with Crippen LogP contribution < -0.4 is 0 Å². The van der Waals surface area contributed by atoms with Gasteiger partial charge in [-0.3, -0.25) is 4.79 Å². The maximum atomic E-state index is 12.2. The molecule has 1 N–H and O–H groups in total. The Kier molecular flexibility index (Phi) is 3.84. The number of aliphatic hydroxyl groups is 1. The summed E-state index contributed by atoms with van der Waals surface area (Å²) in [6.45, 7) is -0.285. The molecule has 0 unspecified atom stereocenters. The molecule has 0 heterocycles. The fourth-order valence-corrected chi connectivity index (χ4v) is 1.08. The molecule has 0 bridgehead atoms. The molecule has 0 aromatic heterocycles. The first-order valence-corrected chi connectivity index (χ1v) is 4.44. The molecular formula is C11H9F3O2. The van der Waals surface area contributed by atoms with Crippen LogP contribution in [0.25, 0.3) is 0 Å². The Hall–Kier alpha value is -1.62. The van der Waals surface area contributed by atoms with Crippen molar-refractivity contribution in [1.82, 2.24) is 0 Å². The van der Waals surface area contributed by atoms with Crippen molar-refractivity contribution >= 4 is 5.78 Å². The van der Waals surface area contributed by atoms with Gasteiger partial charge in [-0.05, 0) is 18.2 Å². The lowest BCUT2D eigenvalue weighted by molar-refractivity contribution is -0.137. The van der Waals surface area contributed by atoms with Crippen LogP contribution >= 0.6 is 0 Å². The van der Waals surface area contributed by atoms with Gasteiger partial charge in [0.25, 0.3) is 0 Å². The number of hydrogen-bond donors (Lipinski definition) is 1. The highest BCUT2D eigenvalue weighted by atomic mass is 19.4. The van der Waals surface area contributed by atoms with E-state index in [9.17, 15) is 18.0 Å². The van der Waals surface area contributed by atoms with Gasteiger partial charge in [-0.25, -0.2) is 0 Å². The second-order valence-electron chi connectivity index (χ2n) is 3.02. The molecule has 0 atom stereocenters. The molecule has 0 radical (unpaired) electrons. The molecule has 1 aromatic carbocycles. The smallest absolute Gasteiger partial charge is 0.392 e. The number of carbonyl (C=O) groups is 1. The lowest BCUT2D eigenvalue weighted by atomic mass is 10.1. The van der Waals surface area contributed by atoms with Crippen LogP contribution in [0.2, 0.25) is 0 Å². The van der Waals surface area contributed by atoms with Gasteiger partial charge in [0, 0.05) is 5.56 Å². The van der Waals surface area contributed by atoms with Crippen molar-refractivity contribution < 1.29 is 23.1 Å². The van der Waals surface area contributed by atoms with Crippen molar-refractivity contribution in [2.75, 3.05) is 6.61 Å². The number of benzene rings is 1. The summed E-state index contributed by atoms with van der Waals surface area (Å²) in [6.07, 6.45) is -2.06. The second kappa shape index (κ2) is 4.94. The minimum Gasteiger partial charge on any atom is -0.392 e. The van der Waals surface area contributed by atoms with Gasteiger partial charge < -0.3 is 5.11 Å². The van der Waals surface area contributed by atoms with Gasteiger partial charge in [0.15, 0.2) is 5.78 Å². The Labute approximate surface area is 90.0 Å². The van der Waals surface area contributed by atoms with Crippen LogP contribution in [0.5, 0.6) is 0 Å². The van der Waals surface area contributed by atoms with E-state index in [-0.39, 0.29) is 12.2 Å². The van der Waals surface area contributed by atoms with Crippen molar-refractivity contribution in [2.45, 2.75) is 6.18 Å². The molecule has 5 heteroatoms. The summed E-state index contributed by atoms with van der Waals surface area (Å²) in [5.74, 6) is -0.442. The molecule has 0 aliphatic carbocycles. The van der Waals surface area contributed by atoms with E-state index < -0.39 is 17.5 Å². The number of carbonyl (C=O) groups excluding carboxylic acids is 1. The fourth-order valence-electron chi connectivity index (χ4n) is 1.08. The van der Waals surface area contributed by atoms with E-state index in [0.717, 1.165) is 30.3 Å². The number of halogens is 3. The lowest BCUT2D eigenvalue weighted by Gasteiger charge is -2.06. The molecule has 2 nitrogen and oxygen atoms in total. The van der Waals surface area contributed by atoms with E-state index >= 15 is 0 Å². The average molecular weight is 230 g/mol. The number of alkyl halides is 3. The van der Waals surface area contributed by atoms with Gasteiger partial charge in [0.2, 0.25) is 0 Å². The van der Waals surface area contributed by atoms with Crippen molar-refractivity contribution in [1.29, 1.82) is 0 Å². The van der Waals surface area contributed by atoms with Crippen molar-refractivity contribution in [3.05, 3.63) is 47.5 Å². The summed E-state index contributed by atoms with van der Waals surface area (Å²) in [4.78, 5) is 11.3. The molecular weight excluding hydrogens is 221 g/mol. The molecule has 16 heavy (non-hydrogen) atoms.